The minimum absolute atomic E-state index is 0.0758. The highest BCUT2D eigenvalue weighted by molar-refractivity contribution is 6.37. The topological polar surface area (TPSA) is 72.4 Å². The van der Waals surface area contributed by atoms with Crippen LogP contribution in [0.4, 0.5) is 10.2 Å². The second-order valence-electron chi connectivity index (χ2n) is 7.89. The summed E-state index contributed by atoms with van der Waals surface area (Å²) in [4.78, 5) is 15.1. The Kier molecular flexibility index (Phi) is 5.69. The van der Waals surface area contributed by atoms with Gasteiger partial charge in [-0.1, -0.05) is 23.2 Å². The van der Waals surface area contributed by atoms with E-state index in [0.29, 0.717) is 40.6 Å². The van der Waals surface area contributed by atoms with Crippen molar-refractivity contribution in [3.05, 3.63) is 33.8 Å². The fourth-order valence-corrected chi connectivity index (χ4v) is 4.96. The molecule has 168 valence electrons. The zero-order chi connectivity index (χ0) is 22.4. The summed E-state index contributed by atoms with van der Waals surface area (Å²) in [6.45, 7) is 2.96. The number of aromatic nitrogens is 3. The normalized spacial score (nSPS) is 16.5. The number of methoxy groups -OCH3 is 2. The van der Waals surface area contributed by atoms with Gasteiger partial charge in [-0.05, 0) is 24.3 Å². The van der Waals surface area contributed by atoms with Gasteiger partial charge in [0.15, 0.2) is 11.6 Å². The van der Waals surface area contributed by atoms with Gasteiger partial charge in [0.2, 0.25) is 0 Å². The van der Waals surface area contributed by atoms with Gasteiger partial charge in [-0.15, -0.1) is 0 Å². The Morgan fingerprint density at radius 3 is 2.50 bits per heavy atom. The maximum Gasteiger partial charge on any atom is 0.318 e. The van der Waals surface area contributed by atoms with Crippen LogP contribution in [-0.4, -0.2) is 55.4 Å². The lowest BCUT2D eigenvalue weighted by atomic mass is 9.96. The lowest BCUT2D eigenvalue weighted by Crippen LogP contribution is -2.44. The molecule has 2 fully saturated rings. The molecular weight excluding hydrogens is 456 g/mol. The molecule has 1 saturated carbocycles. The summed E-state index contributed by atoms with van der Waals surface area (Å²) in [5, 5.41) is 4.37. The van der Waals surface area contributed by atoms with Gasteiger partial charge in [-0.2, -0.15) is 9.97 Å². The minimum Gasteiger partial charge on any atom is -0.494 e. The van der Waals surface area contributed by atoms with Crippen LogP contribution in [0.5, 0.6) is 11.8 Å². The first-order chi connectivity index (χ1) is 15.5. The van der Waals surface area contributed by atoms with Crippen LogP contribution in [0.15, 0.2) is 12.4 Å². The van der Waals surface area contributed by atoms with Gasteiger partial charge in [0.1, 0.15) is 11.3 Å². The monoisotopic (exact) mass is 477 g/mol. The molecule has 0 bridgehead atoms. The molecular formula is C22H22Cl2FN5O2. The van der Waals surface area contributed by atoms with Crippen molar-refractivity contribution < 1.29 is 13.9 Å². The number of nitrogens with one attached hydrogen (secondary N) is 1. The summed E-state index contributed by atoms with van der Waals surface area (Å²) in [5.74, 6) is 0.531. The highest BCUT2D eigenvalue weighted by atomic mass is 35.5. The van der Waals surface area contributed by atoms with E-state index in [1.807, 2.05) is 0 Å². The molecule has 0 unspecified atom stereocenters. The summed E-state index contributed by atoms with van der Waals surface area (Å²) in [7, 11) is 2.97. The molecule has 7 nitrogen and oxygen atoms in total. The number of anilines is 1. The predicted octanol–water partition coefficient (Wildman–Crippen LogP) is 4.44. The van der Waals surface area contributed by atoms with E-state index in [1.54, 1.807) is 12.4 Å². The number of nitrogens with zero attached hydrogens (tertiary/aromatic N) is 4. The van der Waals surface area contributed by atoms with E-state index in [4.69, 9.17) is 32.7 Å². The second kappa shape index (κ2) is 8.50. The third kappa shape index (κ3) is 3.50. The Hall–Kier alpha value is -2.42. The first-order valence-corrected chi connectivity index (χ1v) is 11.2. The van der Waals surface area contributed by atoms with E-state index in [9.17, 15) is 0 Å². The van der Waals surface area contributed by atoms with Crippen LogP contribution in [0, 0.1) is 5.82 Å². The van der Waals surface area contributed by atoms with Gasteiger partial charge in [0.05, 0.1) is 29.7 Å². The molecule has 1 saturated heterocycles. The molecule has 0 amide bonds. The quantitative estimate of drug-likeness (QED) is 0.581. The number of fused-ring (bicyclic) bond motifs is 1. The number of piperazine rings is 1. The third-order valence-electron chi connectivity index (χ3n) is 5.94. The molecule has 5 rings (SSSR count). The van der Waals surface area contributed by atoms with Crippen LogP contribution in [-0.2, 0) is 0 Å². The number of rotatable bonds is 5. The molecule has 32 heavy (non-hydrogen) atoms. The second-order valence-corrected chi connectivity index (χ2v) is 8.67. The summed E-state index contributed by atoms with van der Waals surface area (Å²) in [6.07, 6.45) is 5.16. The molecule has 3 aromatic rings. The minimum atomic E-state index is -0.575. The molecule has 3 heterocycles. The number of benzene rings is 1. The summed E-state index contributed by atoms with van der Waals surface area (Å²) in [6, 6.07) is 0.0758. The third-order valence-corrected chi connectivity index (χ3v) is 6.60. The van der Waals surface area contributed by atoms with E-state index >= 15 is 4.39 Å². The lowest BCUT2D eigenvalue weighted by molar-refractivity contribution is 0.380. The molecule has 1 N–H and O–H groups in total. The Bertz CT molecular complexity index is 1200. The maximum atomic E-state index is 16.2. The van der Waals surface area contributed by atoms with Crippen LogP contribution < -0.4 is 19.7 Å². The average molecular weight is 478 g/mol. The molecule has 10 heteroatoms. The van der Waals surface area contributed by atoms with Crippen LogP contribution in [0.3, 0.4) is 0 Å². The van der Waals surface area contributed by atoms with E-state index < -0.39 is 5.82 Å². The van der Waals surface area contributed by atoms with E-state index in [-0.39, 0.29) is 28.0 Å². The van der Waals surface area contributed by atoms with Crippen molar-refractivity contribution in [1.82, 2.24) is 20.3 Å². The number of ether oxygens (including phenoxy) is 2. The Balaban J connectivity index is 1.84. The van der Waals surface area contributed by atoms with E-state index in [1.165, 1.54) is 14.2 Å². The van der Waals surface area contributed by atoms with Gasteiger partial charge in [0, 0.05) is 49.7 Å². The highest BCUT2D eigenvalue weighted by Gasteiger charge is 2.33. The summed E-state index contributed by atoms with van der Waals surface area (Å²) in [5.41, 5.74) is 1.68. The van der Waals surface area contributed by atoms with Crippen molar-refractivity contribution in [2.75, 3.05) is 45.3 Å². The zero-order valence-corrected chi connectivity index (χ0v) is 19.2. The molecule has 1 aliphatic carbocycles. The molecule has 1 aliphatic heterocycles. The van der Waals surface area contributed by atoms with Crippen molar-refractivity contribution >= 4 is 39.9 Å². The average Bonchev–Trinajstić information content (AvgIpc) is 3.65. The van der Waals surface area contributed by atoms with Gasteiger partial charge in [0.25, 0.3) is 0 Å². The van der Waals surface area contributed by atoms with E-state index in [2.05, 4.69) is 25.2 Å². The SMILES string of the molecule is COc1nc(N2CCNCC2)c2c(OC)c(Cl)c(-c3cncc(Cl)c3C3CC3)c(F)c2n1. The molecule has 0 spiro atoms. The van der Waals surface area contributed by atoms with Gasteiger partial charge < -0.3 is 19.7 Å². The molecule has 0 radical (unpaired) electrons. The zero-order valence-electron chi connectivity index (χ0n) is 17.7. The Morgan fingerprint density at radius 2 is 1.84 bits per heavy atom. The number of hydrogen-bond donors (Lipinski definition) is 1. The predicted molar refractivity (Wildman–Crippen MR) is 123 cm³/mol. The molecule has 0 atom stereocenters. The number of hydrogen-bond acceptors (Lipinski definition) is 7. The number of halogens is 3. The smallest absolute Gasteiger partial charge is 0.318 e. The largest absolute Gasteiger partial charge is 0.494 e. The van der Waals surface area contributed by atoms with Crippen LogP contribution in [0.1, 0.15) is 24.3 Å². The Labute approximate surface area is 194 Å². The summed E-state index contributed by atoms with van der Waals surface area (Å²) >= 11 is 13.3. The first kappa shape index (κ1) is 21.4. The maximum absolute atomic E-state index is 16.2. The van der Waals surface area contributed by atoms with Gasteiger partial charge >= 0.3 is 6.01 Å². The first-order valence-electron chi connectivity index (χ1n) is 10.4. The molecule has 1 aromatic carbocycles. The number of pyridine rings is 1. The van der Waals surface area contributed by atoms with Crippen molar-refractivity contribution in [3.8, 4) is 22.9 Å². The highest BCUT2D eigenvalue weighted by Crippen LogP contribution is 2.52. The molecule has 2 aromatic heterocycles. The summed E-state index contributed by atoms with van der Waals surface area (Å²) < 4.78 is 27.2. The van der Waals surface area contributed by atoms with Crippen molar-refractivity contribution in [3.63, 3.8) is 0 Å². The Morgan fingerprint density at radius 1 is 1.09 bits per heavy atom. The van der Waals surface area contributed by atoms with Crippen molar-refractivity contribution in [2.45, 2.75) is 18.8 Å². The van der Waals surface area contributed by atoms with E-state index in [0.717, 1.165) is 31.5 Å². The molecule has 2 aliphatic rings. The lowest BCUT2D eigenvalue weighted by Gasteiger charge is -2.30. The van der Waals surface area contributed by atoms with Gasteiger partial charge in [-0.3, -0.25) is 4.98 Å². The standard InChI is InChI=1S/C22H22Cl2FN5O2/c1-31-20-16-19(28-22(32-2)29-21(16)30-7-5-26-6-8-30)18(25)15(17(20)24)12-9-27-10-13(23)14(12)11-3-4-11/h9-11,26H,3-8H2,1-2H3. The van der Waals surface area contributed by atoms with Crippen LogP contribution >= 0.6 is 23.2 Å². The van der Waals surface area contributed by atoms with Crippen LogP contribution in [0.2, 0.25) is 10.0 Å². The van der Waals surface area contributed by atoms with Crippen LogP contribution in [0.25, 0.3) is 22.0 Å². The van der Waals surface area contributed by atoms with Crippen molar-refractivity contribution in [2.24, 2.45) is 0 Å². The van der Waals surface area contributed by atoms with Crippen molar-refractivity contribution in [1.29, 1.82) is 0 Å². The van der Waals surface area contributed by atoms with Gasteiger partial charge in [-0.25, -0.2) is 4.39 Å². The fraction of sp³-hybridized carbons (Fsp3) is 0.409. The fourth-order valence-electron chi connectivity index (χ4n) is 4.29.